The van der Waals surface area contributed by atoms with Crippen LogP contribution in [0, 0.1) is 5.41 Å². The molecule has 3 aromatic rings. The van der Waals surface area contributed by atoms with Gasteiger partial charge in [0, 0.05) is 48.5 Å². The minimum Gasteiger partial charge on any atom is -0.397 e. The van der Waals surface area contributed by atoms with Crippen molar-refractivity contribution in [3.63, 3.8) is 0 Å². The van der Waals surface area contributed by atoms with Crippen LogP contribution in [0.3, 0.4) is 0 Å². The first-order valence-electron chi connectivity index (χ1n) is 10.9. The van der Waals surface area contributed by atoms with Gasteiger partial charge in [0.05, 0.1) is 16.9 Å². The standard InChI is InChI=1S/C25H26ClN5O/c26-19-6-8-20(9-7-19)30-13-11-25(16-30)12-14-31(17-25)23-10-5-18(15-28-23)24(32)29-22-4-2-1-3-21(22)27/h1-10,15H,11-14,16-17,27H2,(H,29,32). The van der Waals surface area contributed by atoms with E-state index in [4.69, 9.17) is 17.3 Å². The number of para-hydroxylation sites is 2. The number of nitrogen functional groups attached to an aromatic ring is 1. The number of amides is 1. The van der Waals surface area contributed by atoms with Gasteiger partial charge < -0.3 is 20.9 Å². The fourth-order valence-corrected chi connectivity index (χ4v) is 4.91. The lowest BCUT2D eigenvalue weighted by Crippen LogP contribution is -2.31. The second-order valence-corrected chi connectivity index (χ2v) is 9.20. The molecule has 5 rings (SSSR count). The Morgan fingerprint density at radius 2 is 1.69 bits per heavy atom. The van der Waals surface area contributed by atoms with Gasteiger partial charge >= 0.3 is 0 Å². The van der Waals surface area contributed by atoms with Crippen LogP contribution in [0.4, 0.5) is 22.9 Å². The maximum absolute atomic E-state index is 12.6. The average molecular weight is 448 g/mol. The van der Waals surface area contributed by atoms with E-state index in [9.17, 15) is 4.79 Å². The van der Waals surface area contributed by atoms with E-state index in [1.54, 1.807) is 18.3 Å². The van der Waals surface area contributed by atoms with Crippen LogP contribution in [-0.2, 0) is 0 Å². The first kappa shape index (κ1) is 20.6. The molecule has 2 fully saturated rings. The molecule has 2 aliphatic rings. The van der Waals surface area contributed by atoms with Crippen molar-refractivity contribution in [2.24, 2.45) is 5.41 Å². The van der Waals surface area contributed by atoms with E-state index in [-0.39, 0.29) is 11.3 Å². The summed E-state index contributed by atoms with van der Waals surface area (Å²) in [4.78, 5) is 21.9. The number of hydrogen-bond donors (Lipinski definition) is 2. The SMILES string of the molecule is Nc1ccccc1NC(=O)c1ccc(N2CCC3(CCN(c4ccc(Cl)cc4)C3)C2)nc1. The van der Waals surface area contributed by atoms with E-state index in [0.717, 1.165) is 43.4 Å². The monoisotopic (exact) mass is 447 g/mol. The molecule has 3 N–H and O–H groups in total. The first-order chi connectivity index (χ1) is 15.5. The van der Waals surface area contributed by atoms with Crippen LogP contribution in [-0.4, -0.2) is 37.1 Å². The van der Waals surface area contributed by atoms with Gasteiger partial charge in [-0.15, -0.1) is 0 Å². The summed E-state index contributed by atoms with van der Waals surface area (Å²) in [6, 6.07) is 19.1. The normalized spacial score (nSPS) is 20.2. The molecule has 2 aromatic carbocycles. The molecule has 3 heterocycles. The number of aromatic nitrogens is 1. The number of rotatable bonds is 4. The molecular formula is C25H26ClN5O. The highest BCUT2D eigenvalue weighted by Crippen LogP contribution is 2.42. The Hall–Kier alpha value is -3.25. The number of halogens is 1. The fraction of sp³-hybridized carbons (Fsp3) is 0.280. The van der Waals surface area contributed by atoms with Gasteiger partial charge in [-0.3, -0.25) is 4.79 Å². The third-order valence-electron chi connectivity index (χ3n) is 6.61. The van der Waals surface area contributed by atoms with Gasteiger partial charge in [-0.25, -0.2) is 4.98 Å². The molecule has 2 aliphatic heterocycles. The summed E-state index contributed by atoms with van der Waals surface area (Å²) in [5, 5.41) is 3.62. The minimum absolute atomic E-state index is 0.214. The molecule has 0 radical (unpaired) electrons. The van der Waals surface area contributed by atoms with Crippen molar-refractivity contribution in [2.75, 3.05) is 47.0 Å². The molecule has 0 saturated carbocycles. The highest BCUT2D eigenvalue weighted by Gasteiger charge is 2.43. The first-order valence-corrected chi connectivity index (χ1v) is 11.3. The summed E-state index contributed by atoms with van der Waals surface area (Å²) in [6.45, 7) is 4.07. The topological polar surface area (TPSA) is 74.5 Å². The van der Waals surface area contributed by atoms with Crippen molar-refractivity contribution < 1.29 is 4.79 Å². The van der Waals surface area contributed by atoms with Crippen molar-refractivity contribution in [1.29, 1.82) is 0 Å². The highest BCUT2D eigenvalue weighted by atomic mass is 35.5. The molecule has 1 aromatic heterocycles. The number of nitrogens with two attached hydrogens (primary N) is 1. The van der Waals surface area contributed by atoms with Gasteiger partial charge in [0.15, 0.2) is 0 Å². The second-order valence-electron chi connectivity index (χ2n) is 8.77. The average Bonchev–Trinajstić information content (AvgIpc) is 3.43. The Morgan fingerprint density at radius 3 is 2.41 bits per heavy atom. The molecule has 32 heavy (non-hydrogen) atoms. The summed E-state index contributed by atoms with van der Waals surface area (Å²) >= 11 is 6.04. The van der Waals surface area contributed by atoms with Gasteiger partial charge in [0.25, 0.3) is 5.91 Å². The summed E-state index contributed by atoms with van der Waals surface area (Å²) < 4.78 is 0. The van der Waals surface area contributed by atoms with Crippen molar-refractivity contribution >= 4 is 40.4 Å². The molecule has 164 valence electrons. The summed E-state index contributed by atoms with van der Waals surface area (Å²) in [7, 11) is 0. The Kier molecular flexibility index (Phi) is 5.39. The summed E-state index contributed by atoms with van der Waals surface area (Å²) in [5.41, 5.74) is 9.09. The van der Waals surface area contributed by atoms with Crippen LogP contribution in [0.25, 0.3) is 0 Å². The van der Waals surface area contributed by atoms with Crippen LogP contribution in [0.1, 0.15) is 23.2 Å². The molecule has 1 amide bonds. The van der Waals surface area contributed by atoms with Gasteiger partial charge in [0.2, 0.25) is 0 Å². The third kappa shape index (κ3) is 4.10. The molecule has 1 atom stereocenters. The largest absolute Gasteiger partial charge is 0.397 e. The fourth-order valence-electron chi connectivity index (χ4n) is 4.78. The quantitative estimate of drug-likeness (QED) is 0.568. The van der Waals surface area contributed by atoms with Crippen molar-refractivity contribution in [3.05, 3.63) is 77.4 Å². The van der Waals surface area contributed by atoms with Crippen LogP contribution in [0.15, 0.2) is 66.9 Å². The van der Waals surface area contributed by atoms with E-state index < -0.39 is 0 Å². The molecule has 0 aliphatic carbocycles. The van der Waals surface area contributed by atoms with E-state index >= 15 is 0 Å². The number of hydrogen-bond acceptors (Lipinski definition) is 5. The molecule has 1 unspecified atom stereocenters. The molecular weight excluding hydrogens is 422 g/mol. The Balaban J connectivity index is 1.22. The number of carbonyl (C=O) groups is 1. The van der Waals surface area contributed by atoms with Gasteiger partial charge in [-0.1, -0.05) is 23.7 Å². The van der Waals surface area contributed by atoms with Gasteiger partial charge in [-0.2, -0.15) is 0 Å². The van der Waals surface area contributed by atoms with E-state index in [1.807, 2.05) is 36.4 Å². The van der Waals surface area contributed by atoms with E-state index in [1.165, 1.54) is 12.1 Å². The van der Waals surface area contributed by atoms with Crippen LogP contribution in [0.5, 0.6) is 0 Å². The number of pyridine rings is 1. The zero-order valence-corrected chi connectivity index (χ0v) is 18.6. The van der Waals surface area contributed by atoms with E-state index in [2.05, 4.69) is 32.2 Å². The molecule has 7 heteroatoms. The number of carbonyl (C=O) groups excluding carboxylic acids is 1. The number of nitrogens with zero attached hydrogens (tertiary/aromatic N) is 3. The molecule has 2 saturated heterocycles. The van der Waals surface area contributed by atoms with Crippen molar-refractivity contribution in [1.82, 2.24) is 4.98 Å². The third-order valence-corrected chi connectivity index (χ3v) is 6.86. The van der Waals surface area contributed by atoms with Crippen LogP contribution < -0.4 is 20.9 Å². The smallest absolute Gasteiger partial charge is 0.257 e. The predicted molar refractivity (Wildman–Crippen MR) is 131 cm³/mol. The predicted octanol–water partition coefficient (Wildman–Crippen LogP) is 4.68. The lowest BCUT2D eigenvalue weighted by Gasteiger charge is -2.26. The maximum Gasteiger partial charge on any atom is 0.257 e. The zero-order valence-electron chi connectivity index (χ0n) is 17.8. The van der Waals surface area contributed by atoms with Gasteiger partial charge in [-0.05, 0) is 61.4 Å². The highest BCUT2D eigenvalue weighted by molar-refractivity contribution is 6.30. The van der Waals surface area contributed by atoms with Crippen LogP contribution in [0.2, 0.25) is 5.02 Å². The number of nitrogens with one attached hydrogen (secondary N) is 1. The lowest BCUT2D eigenvalue weighted by molar-refractivity contribution is 0.102. The molecule has 0 bridgehead atoms. The van der Waals surface area contributed by atoms with Crippen molar-refractivity contribution in [3.8, 4) is 0 Å². The van der Waals surface area contributed by atoms with Crippen molar-refractivity contribution in [2.45, 2.75) is 12.8 Å². The maximum atomic E-state index is 12.6. The Morgan fingerprint density at radius 1 is 0.969 bits per heavy atom. The zero-order chi connectivity index (χ0) is 22.1. The lowest BCUT2D eigenvalue weighted by atomic mass is 9.86. The number of benzene rings is 2. The van der Waals surface area contributed by atoms with Gasteiger partial charge in [0.1, 0.15) is 5.82 Å². The van der Waals surface area contributed by atoms with Crippen LogP contribution >= 0.6 is 11.6 Å². The summed E-state index contributed by atoms with van der Waals surface area (Å²) in [5.74, 6) is 0.705. The Bertz CT molecular complexity index is 1120. The van der Waals surface area contributed by atoms with E-state index in [0.29, 0.717) is 16.9 Å². The minimum atomic E-state index is -0.214. The molecule has 6 nitrogen and oxygen atoms in total. The second kappa shape index (κ2) is 8.36. The molecule has 1 spiro atoms. The Labute approximate surface area is 193 Å². The number of anilines is 4. The summed E-state index contributed by atoms with van der Waals surface area (Å²) in [6.07, 6.45) is 3.96.